The number of ether oxygens (including phenoxy) is 7. The molecule has 5 atom stereocenters. The number of hydrogen-bond donors (Lipinski definition) is 4. The number of benzene rings is 2. The van der Waals surface area contributed by atoms with E-state index in [4.69, 9.17) is 33.2 Å². The maximum atomic E-state index is 11.9. The molecule has 0 aromatic heterocycles. The molecular weight excluding hydrogens is 552 g/mol. The Kier molecular flexibility index (Phi) is 8.90. The molecule has 5 rings (SSSR count). The fourth-order valence-corrected chi connectivity index (χ4v) is 5.86. The van der Waals surface area contributed by atoms with Crippen LogP contribution in [0, 0.1) is 11.8 Å². The van der Waals surface area contributed by atoms with E-state index in [-0.39, 0.29) is 52.5 Å². The summed E-state index contributed by atoms with van der Waals surface area (Å²) < 4.78 is 40.4. The summed E-state index contributed by atoms with van der Waals surface area (Å²) in [5.74, 6) is 0.169. The van der Waals surface area contributed by atoms with Crippen LogP contribution in [0.4, 0.5) is 0 Å². The SMILES string of the molecule is COc1ccc([C@H]2OCC3C2CO[C@H]3c2ccc(OC)c(OC3=C(CO)C(CO)=C(CO)C(C(=O)O)O3)c2)cc1OC. The number of methoxy groups -OCH3 is 3. The van der Waals surface area contributed by atoms with E-state index in [0.29, 0.717) is 30.5 Å². The van der Waals surface area contributed by atoms with Gasteiger partial charge in [0.2, 0.25) is 6.10 Å². The zero-order valence-electron chi connectivity index (χ0n) is 23.4. The van der Waals surface area contributed by atoms with E-state index in [9.17, 15) is 25.2 Å². The number of carboxylic acids is 1. The molecule has 2 aromatic rings. The van der Waals surface area contributed by atoms with Gasteiger partial charge in [0.1, 0.15) is 0 Å². The van der Waals surface area contributed by atoms with Gasteiger partial charge in [-0.3, -0.25) is 0 Å². The van der Waals surface area contributed by atoms with Crippen LogP contribution in [-0.2, 0) is 19.0 Å². The molecule has 3 aliphatic heterocycles. The first-order chi connectivity index (χ1) is 20.4. The number of carboxylic acid groups (broad SMARTS) is 1. The van der Waals surface area contributed by atoms with E-state index in [0.717, 1.165) is 11.1 Å². The van der Waals surface area contributed by atoms with E-state index in [1.807, 2.05) is 24.3 Å². The molecule has 0 bridgehead atoms. The van der Waals surface area contributed by atoms with Crippen LogP contribution in [0.15, 0.2) is 59.1 Å². The van der Waals surface area contributed by atoms with Gasteiger partial charge in [-0.05, 0) is 41.0 Å². The van der Waals surface area contributed by atoms with Crippen LogP contribution < -0.4 is 18.9 Å². The fraction of sp³-hybridized carbons (Fsp3) is 0.433. The lowest BCUT2D eigenvalue weighted by Crippen LogP contribution is -2.35. The highest BCUT2D eigenvalue weighted by atomic mass is 16.7. The number of aliphatic carboxylic acids is 1. The van der Waals surface area contributed by atoms with Crippen LogP contribution in [0.25, 0.3) is 0 Å². The van der Waals surface area contributed by atoms with Crippen molar-refractivity contribution < 1.29 is 58.4 Å². The van der Waals surface area contributed by atoms with Gasteiger partial charge in [0.05, 0.1) is 72.1 Å². The van der Waals surface area contributed by atoms with Crippen LogP contribution >= 0.6 is 0 Å². The number of fused-ring (bicyclic) bond motifs is 1. The molecule has 12 nitrogen and oxygen atoms in total. The van der Waals surface area contributed by atoms with E-state index >= 15 is 0 Å². The van der Waals surface area contributed by atoms with Crippen molar-refractivity contribution in [2.45, 2.75) is 18.3 Å². The molecule has 3 unspecified atom stereocenters. The third-order valence-electron chi connectivity index (χ3n) is 7.97. The monoisotopic (exact) mass is 586 g/mol. The second-order valence-electron chi connectivity index (χ2n) is 10.0. The summed E-state index contributed by atoms with van der Waals surface area (Å²) in [6.45, 7) is -1.02. The zero-order chi connectivity index (χ0) is 30.0. The Hall–Kier alpha value is -3.81. The Labute approximate surface area is 242 Å². The first-order valence-corrected chi connectivity index (χ1v) is 13.4. The molecule has 0 spiro atoms. The maximum absolute atomic E-state index is 11.9. The average Bonchev–Trinajstić information content (AvgIpc) is 3.62. The molecule has 226 valence electrons. The zero-order valence-corrected chi connectivity index (χ0v) is 23.4. The lowest BCUT2D eigenvalue weighted by atomic mass is 9.85. The molecule has 42 heavy (non-hydrogen) atoms. The molecule has 2 aromatic carbocycles. The predicted octanol–water partition coefficient (Wildman–Crippen LogP) is 2.13. The van der Waals surface area contributed by atoms with E-state index < -0.39 is 31.9 Å². The minimum Gasteiger partial charge on any atom is -0.493 e. The maximum Gasteiger partial charge on any atom is 0.349 e. The first-order valence-electron chi connectivity index (χ1n) is 13.4. The summed E-state index contributed by atoms with van der Waals surface area (Å²) in [5.41, 5.74) is 1.73. The number of carbonyl (C=O) groups is 1. The van der Waals surface area contributed by atoms with Crippen molar-refractivity contribution in [1.82, 2.24) is 0 Å². The van der Waals surface area contributed by atoms with Crippen molar-refractivity contribution >= 4 is 5.97 Å². The Morgan fingerprint density at radius 2 is 1.29 bits per heavy atom. The lowest BCUT2D eigenvalue weighted by molar-refractivity contribution is -0.148. The normalized spacial score (nSPS) is 25.2. The highest BCUT2D eigenvalue weighted by molar-refractivity contribution is 5.78. The van der Waals surface area contributed by atoms with Gasteiger partial charge in [-0.1, -0.05) is 12.1 Å². The lowest BCUT2D eigenvalue weighted by Gasteiger charge is -2.29. The molecule has 0 saturated carbocycles. The molecule has 3 aliphatic rings. The highest BCUT2D eigenvalue weighted by Crippen LogP contribution is 2.51. The molecule has 12 heteroatoms. The average molecular weight is 587 g/mol. The predicted molar refractivity (Wildman–Crippen MR) is 145 cm³/mol. The highest BCUT2D eigenvalue weighted by Gasteiger charge is 2.48. The molecule has 3 heterocycles. The number of rotatable bonds is 11. The quantitative estimate of drug-likeness (QED) is 0.304. The number of aliphatic hydroxyl groups excluding tert-OH is 3. The first kappa shape index (κ1) is 29.7. The van der Waals surface area contributed by atoms with Crippen LogP contribution in [-0.4, -0.2) is 86.9 Å². The summed E-state index contributed by atoms with van der Waals surface area (Å²) in [6, 6.07) is 11.0. The third-order valence-corrected chi connectivity index (χ3v) is 7.97. The van der Waals surface area contributed by atoms with Gasteiger partial charge in [-0.2, -0.15) is 0 Å². The standard InChI is InChI=1S/C30H34O12/c1-36-22-6-4-15(8-24(22)38-3)26-20-13-40-27(21(20)14-39-26)16-5-7-23(37-2)25(9-16)41-30-19(12-33)17(10-31)18(11-32)28(42-30)29(34)35/h4-9,20-21,26-28,31-33H,10-14H2,1-3H3,(H,34,35)/t20?,21?,26-,27+,28?/m1/s1. The smallest absolute Gasteiger partial charge is 0.349 e. The molecular formula is C30H34O12. The molecule has 0 radical (unpaired) electrons. The molecule has 4 N–H and O–H groups in total. The Morgan fingerprint density at radius 1 is 0.762 bits per heavy atom. The van der Waals surface area contributed by atoms with Gasteiger partial charge in [0, 0.05) is 17.4 Å². The molecule has 0 aliphatic carbocycles. The van der Waals surface area contributed by atoms with E-state index in [2.05, 4.69) is 0 Å². The van der Waals surface area contributed by atoms with Gasteiger partial charge >= 0.3 is 5.97 Å². The number of aliphatic hydroxyl groups is 3. The van der Waals surface area contributed by atoms with E-state index in [1.54, 1.807) is 26.4 Å². The summed E-state index contributed by atoms with van der Waals surface area (Å²) in [6.07, 6.45) is -2.13. The van der Waals surface area contributed by atoms with Gasteiger partial charge in [0.15, 0.2) is 23.0 Å². The summed E-state index contributed by atoms with van der Waals surface area (Å²) in [5, 5.41) is 39.4. The summed E-state index contributed by atoms with van der Waals surface area (Å²) in [4.78, 5) is 11.9. The van der Waals surface area contributed by atoms with Crippen LogP contribution in [0.5, 0.6) is 23.0 Å². The second kappa shape index (κ2) is 12.6. The minimum atomic E-state index is -1.61. The van der Waals surface area contributed by atoms with Crippen molar-refractivity contribution in [3.63, 3.8) is 0 Å². The van der Waals surface area contributed by atoms with Gasteiger partial charge in [0.25, 0.3) is 5.95 Å². The Balaban J connectivity index is 1.43. The topological polar surface area (TPSA) is 163 Å². The second-order valence-corrected chi connectivity index (χ2v) is 10.0. The van der Waals surface area contributed by atoms with E-state index in [1.165, 1.54) is 7.11 Å². The third kappa shape index (κ3) is 5.27. The van der Waals surface area contributed by atoms with Gasteiger partial charge < -0.3 is 53.6 Å². The molecule has 2 saturated heterocycles. The van der Waals surface area contributed by atoms with Gasteiger partial charge in [-0.25, -0.2) is 4.79 Å². The molecule has 2 fully saturated rings. The van der Waals surface area contributed by atoms with Crippen molar-refractivity contribution in [2.24, 2.45) is 11.8 Å². The minimum absolute atomic E-state index is 0.0191. The largest absolute Gasteiger partial charge is 0.493 e. The molecule has 0 amide bonds. The van der Waals surface area contributed by atoms with Crippen LogP contribution in [0.3, 0.4) is 0 Å². The van der Waals surface area contributed by atoms with Crippen molar-refractivity contribution in [3.8, 4) is 23.0 Å². The summed E-state index contributed by atoms with van der Waals surface area (Å²) in [7, 11) is 4.63. The Bertz CT molecular complexity index is 1380. The van der Waals surface area contributed by atoms with Crippen molar-refractivity contribution in [2.75, 3.05) is 54.4 Å². The van der Waals surface area contributed by atoms with Crippen LogP contribution in [0.2, 0.25) is 0 Å². The van der Waals surface area contributed by atoms with Crippen molar-refractivity contribution in [3.05, 3.63) is 70.2 Å². The fourth-order valence-electron chi connectivity index (χ4n) is 5.86. The number of hydrogen-bond acceptors (Lipinski definition) is 11. The van der Waals surface area contributed by atoms with Gasteiger partial charge in [-0.15, -0.1) is 0 Å². The Morgan fingerprint density at radius 3 is 1.76 bits per heavy atom. The summed E-state index contributed by atoms with van der Waals surface area (Å²) >= 11 is 0. The van der Waals surface area contributed by atoms with Crippen LogP contribution in [0.1, 0.15) is 23.3 Å². The van der Waals surface area contributed by atoms with Crippen molar-refractivity contribution in [1.29, 1.82) is 0 Å².